The normalized spacial score (nSPS) is 41.7. The van der Waals surface area contributed by atoms with Gasteiger partial charge >= 0.3 is 0 Å². The highest BCUT2D eigenvalue weighted by Gasteiger charge is 2.51. The molecule has 104 valence electrons. The zero-order chi connectivity index (χ0) is 12.9. The van der Waals surface area contributed by atoms with Gasteiger partial charge in [0.15, 0.2) is 0 Å². The van der Waals surface area contributed by atoms with E-state index in [1.807, 2.05) is 0 Å². The Kier molecular flexibility index (Phi) is 3.22. The lowest BCUT2D eigenvalue weighted by Crippen LogP contribution is -2.33. The Bertz CT molecular complexity index is 296. The third kappa shape index (κ3) is 2.12. The Morgan fingerprint density at radius 1 is 0.889 bits per heavy atom. The molecule has 2 saturated heterocycles. The van der Waals surface area contributed by atoms with Crippen LogP contribution in [0.25, 0.3) is 0 Å². The predicted octanol–water partition coefficient (Wildman–Crippen LogP) is 2.84. The second-order valence-electron chi connectivity index (χ2n) is 7.79. The molecular formula is C16H30N2. The van der Waals surface area contributed by atoms with Gasteiger partial charge in [-0.25, -0.2) is 0 Å². The first kappa shape index (κ1) is 12.9. The van der Waals surface area contributed by atoms with Crippen LogP contribution in [0.5, 0.6) is 0 Å². The molecule has 2 heteroatoms. The first-order chi connectivity index (χ1) is 8.49. The van der Waals surface area contributed by atoms with E-state index in [9.17, 15) is 0 Å². The van der Waals surface area contributed by atoms with Crippen molar-refractivity contribution in [2.45, 2.75) is 59.0 Å². The van der Waals surface area contributed by atoms with E-state index >= 15 is 0 Å². The first-order valence-electron chi connectivity index (χ1n) is 7.97. The molecule has 2 unspecified atom stereocenters. The molecule has 0 amide bonds. The summed E-state index contributed by atoms with van der Waals surface area (Å²) in [4.78, 5) is 5.42. The molecule has 18 heavy (non-hydrogen) atoms. The number of fused-ring (bicyclic) bond motifs is 1. The maximum atomic E-state index is 2.71. The van der Waals surface area contributed by atoms with Crippen LogP contribution in [0.3, 0.4) is 0 Å². The minimum Gasteiger partial charge on any atom is -0.300 e. The van der Waals surface area contributed by atoms with Gasteiger partial charge in [-0.2, -0.15) is 0 Å². The number of rotatable bonds is 2. The molecular weight excluding hydrogens is 220 g/mol. The third-order valence-corrected chi connectivity index (χ3v) is 5.92. The summed E-state index contributed by atoms with van der Waals surface area (Å²) in [6.45, 7) is 14.9. The van der Waals surface area contributed by atoms with Crippen molar-refractivity contribution in [3.05, 3.63) is 0 Å². The lowest BCUT2D eigenvalue weighted by atomic mass is 9.83. The summed E-state index contributed by atoms with van der Waals surface area (Å²) < 4.78 is 0. The topological polar surface area (TPSA) is 6.48 Å². The van der Waals surface area contributed by atoms with Gasteiger partial charge in [0, 0.05) is 31.7 Å². The molecule has 0 bridgehead atoms. The van der Waals surface area contributed by atoms with Crippen LogP contribution < -0.4 is 0 Å². The average Bonchev–Trinajstić information content (AvgIpc) is 2.92. The van der Waals surface area contributed by atoms with E-state index in [1.165, 1.54) is 45.4 Å². The number of hydrogen-bond donors (Lipinski definition) is 0. The summed E-state index contributed by atoms with van der Waals surface area (Å²) >= 11 is 0. The molecule has 3 fully saturated rings. The first-order valence-corrected chi connectivity index (χ1v) is 7.97. The van der Waals surface area contributed by atoms with E-state index in [1.54, 1.807) is 0 Å². The van der Waals surface area contributed by atoms with Crippen LogP contribution in [0.1, 0.15) is 47.0 Å². The molecule has 3 aliphatic rings. The molecule has 3 rings (SSSR count). The largest absolute Gasteiger partial charge is 0.300 e. The van der Waals surface area contributed by atoms with Crippen molar-refractivity contribution >= 4 is 0 Å². The van der Waals surface area contributed by atoms with Crippen LogP contribution in [0.2, 0.25) is 0 Å². The zero-order valence-corrected chi connectivity index (χ0v) is 12.7. The number of likely N-dealkylation sites (tertiary alicyclic amines) is 2. The molecule has 2 atom stereocenters. The minimum absolute atomic E-state index is 0.711. The van der Waals surface area contributed by atoms with Gasteiger partial charge in [0.1, 0.15) is 0 Å². The van der Waals surface area contributed by atoms with E-state index in [2.05, 4.69) is 37.5 Å². The fourth-order valence-electron chi connectivity index (χ4n) is 4.80. The van der Waals surface area contributed by atoms with Crippen LogP contribution in [-0.4, -0.2) is 48.1 Å². The summed E-state index contributed by atoms with van der Waals surface area (Å²) in [6.07, 6.45) is 4.51. The van der Waals surface area contributed by atoms with Crippen LogP contribution in [0, 0.1) is 17.3 Å². The SMILES string of the molecule is CC(C)N1CC2CC3(CCN(C(C)C)C3)CC2C1. The van der Waals surface area contributed by atoms with Crippen LogP contribution in [0.15, 0.2) is 0 Å². The van der Waals surface area contributed by atoms with Crippen LogP contribution in [-0.2, 0) is 0 Å². The second kappa shape index (κ2) is 4.49. The molecule has 2 aliphatic heterocycles. The summed E-state index contributed by atoms with van der Waals surface area (Å²) in [5.74, 6) is 2.03. The molecule has 1 spiro atoms. The van der Waals surface area contributed by atoms with Crippen molar-refractivity contribution in [2.24, 2.45) is 17.3 Å². The fraction of sp³-hybridized carbons (Fsp3) is 1.00. The third-order valence-electron chi connectivity index (χ3n) is 5.92. The smallest absolute Gasteiger partial charge is 0.00414 e. The van der Waals surface area contributed by atoms with E-state index in [4.69, 9.17) is 0 Å². The van der Waals surface area contributed by atoms with Gasteiger partial charge < -0.3 is 9.80 Å². The summed E-state index contributed by atoms with van der Waals surface area (Å²) in [7, 11) is 0. The average molecular weight is 250 g/mol. The molecule has 1 saturated carbocycles. The molecule has 0 aromatic carbocycles. The Morgan fingerprint density at radius 2 is 1.44 bits per heavy atom. The van der Waals surface area contributed by atoms with Crippen LogP contribution >= 0.6 is 0 Å². The highest BCUT2D eigenvalue weighted by atomic mass is 15.2. The summed E-state index contributed by atoms with van der Waals surface area (Å²) in [6, 6.07) is 1.50. The maximum absolute atomic E-state index is 2.71. The van der Waals surface area contributed by atoms with Gasteiger partial charge in [0.25, 0.3) is 0 Å². The minimum atomic E-state index is 0.711. The molecule has 1 aliphatic carbocycles. The Labute approximate surface area is 113 Å². The van der Waals surface area contributed by atoms with E-state index in [0.717, 1.165) is 23.9 Å². The van der Waals surface area contributed by atoms with Crippen molar-refractivity contribution in [1.29, 1.82) is 0 Å². The van der Waals surface area contributed by atoms with E-state index < -0.39 is 0 Å². The summed E-state index contributed by atoms with van der Waals surface area (Å²) in [5.41, 5.74) is 0.711. The van der Waals surface area contributed by atoms with Gasteiger partial charge in [0.05, 0.1) is 0 Å². The van der Waals surface area contributed by atoms with E-state index in [-0.39, 0.29) is 0 Å². The lowest BCUT2D eigenvalue weighted by Gasteiger charge is -2.29. The molecule has 2 nitrogen and oxygen atoms in total. The molecule has 2 heterocycles. The van der Waals surface area contributed by atoms with Crippen molar-refractivity contribution in [2.75, 3.05) is 26.2 Å². The maximum Gasteiger partial charge on any atom is 0.00414 e. The van der Waals surface area contributed by atoms with Crippen molar-refractivity contribution < 1.29 is 0 Å². The summed E-state index contributed by atoms with van der Waals surface area (Å²) in [5, 5.41) is 0. The van der Waals surface area contributed by atoms with Gasteiger partial charge in [-0.3, -0.25) is 0 Å². The van der Waals surface area contributed by atoms with Crippen molar-refractivity contribution in [1.82, 2.24) is 9.80 Å². The second-order valence-corrected chi connectivity index (χ2v) is 7.79. The molecule has 0 aromatic heterocycles. The highest BCUT2D eigenvalue weighted by Crippen LogP contribution is 2.53. The van der Waals surface area contributed by atoms with E-state index in [0.29, 0.717) is 5.41 Å². The Hall–Kier alpha value is -0.0800. The number of hydrogen-bond acceptors (Lipinski definition) is 2. The Morgan fingerprint density at radius 3 is 1.89 bits per heavy atom. The van der Waals surface area contributed by atoms with Gasteiger partial charge in [0.2, 0.25) is 0 Å². The van der Waals surface area contributed by atoms with Crippen molar-refractivity contribution in [3.63, 3.8) is 0 Å². The molecule has 0 N–H and O–H groups in total. The zero-order valence-electron chi connectivity index (χ0n) is 12.7. The van der Waals surface area contributed by atoms with Gasteiger partial charge in [-0.15, -0.1) is 0 Å². The lowest BCUT2D eigenvalue weighted by molar-refractivity contribution is 0.191. The quantitative estimate of drug-likeness (QED) is 0.743. The van der Waals surface area contributed by atoms with Crippen molar-refractivity contribution in [3.8, 4) is 0 Å². The monoisotopic (exact) mass is 250 g/mol. The molecule has 0 aromatic rings. The standard InChI is InChI=1S/C16H30N2/c1-12(2)17-6-5-16(11-17)7-14-9-18(13(3)4)10-15(14)8-16/h12-15H,5-11H2,1-4H3. The van der Waals surface area contributed by atoms with Crippen LogP contribution in [0.4, 0.5) is 0 Å². The number of nitrogens with zero attached hydrogens (tertiary/aromatic N) is 2. The fourth-order valence-corrected chi connectivity index (χ4v) is 4.80. The van der Waals surface area contributed by atoms with Gasteiger partial charge in [-0.05, 0) is 70.8 Å². The molecule has 0 radical (unpaired) electrons. The highest BCUT2D eigenvalue weighted by molar-refractivity contribution is 5.04. The van der Waals surface area contributed by atoms with Gasteiger partial charge in [-0.1, -0.05) is 0 Å². The predicted molar refractivity (Wildman–Crippen MR) is 76.7 cm³/mol. The Balaban J connectivity index is 1.62.